The number of primary amides is 1. The normalized spacial score (nSPS) is 12.0. The van der Waals surface area contributed by atoms with Crippen molar-refractivity contribution < 1.29 is 19.1 Å². The number of carbonyl (C=O) groups is 2. The Balaban J connectivity index is 2.14. The molecule has 0 aliphatic rings. The van der Waals surface area contributed by atoms with Crippen molar-refractivity contribution in [1.82, 2.24) is 5.32 Å². The Hall–Kier alpha value is -2.99. The van der Waals surface area contributed by atoms with Gasteiger partial charge in [0.1, 0.15) is 6.04 Å². The van der Waals surface area contributed by atoms with Crippen LogP contribution in [0.15, 0.2) is 48.5 Å². The minimum atomic E-state index is -0.918. The van der Waals surface area contributed by atoms with Crippen LogP contribution >= 0.6 is 11.6 Å². The van der Waals surface area contributed by atoms with Gasteiger partial charge >= 0.3 is 0 Å². The number of nitrogens with one attached hydrogen (secondary N) is 1. The average Bonchev–Trinajstić information content (AvgIpc) is 2.69. The van der Waals surface area contributed by atoms with Gasteiger partial charge in [-0.15, -0.1) is 0 Å². The van der Waals surface area contributed by atoms with Gasteiger partial charge in [0, 0.05) is 6.08 Å². The molecule has 0 bridgehead atoms. The molecule has 0 aliphatic heterocycles. The number of hydrogen-bond acceptors (Lipinski definition) is 4. The van der Waals surface area contributed by atoms with Crippen molar-refractivity contribution in [2.45, 2.75) is 19.9 Å². The predicted octanol–water partition coefficient (Wildman–Crippen LogP) is 3.74. The third kappa shape index (κ3) is 6.54. The summed E-state index contributed by atoms with van der Waals surface area (Å²) in [6.07, 6.45) is 2.87. The smallest absolute Gasteiger partial charge is 0.244 e. The summed E-state index contributed by atoms with van der Waals surface area (Å²) in [4.78, 5) is 24.0. The van der Waals surface area contributed by atoms with E-state index in [9.17, 15) is 9.59 Å². The fraction of sp³-hybridized carbons (Fsp3) is 0.273. The Morgan fingerprint density at radius 1 is 1.21 bits per heavy atom. The zero-order valence-corrected chi connectivity index (χ0v) is 17.4. The van der Waals surface area contributed by atoms with Crippen LogP contribution in [-0.4, -0.2) is 25.5 Å². The van der Waals surface area contributed by atoms with Crippen LogP contribution in [0.4, 0.5) is 0 Å². The number of hydrogen-bond donors (Lipinski definition) is 2. The lowest BCUT2D eigenvalue weighted by Gasteiger charge is -2.15. The fourth-order valence-corrected chi connectivity index (χ4v) is 2.83. The Kier molecular flexibility index (Phi) is 8.09. The molecule has 7 heteroatoms. The minimum absolute atomic E-state index is 0.335. The largest absolute Gasteiger partial charge is 0.493 e. The molecular formula is C22H25ClN2O4. The number of benzene rings is 2. The molecule has 0 heterocycles. The molecular weight excluding hydrogens is 392 g/mol. The molecule has 1 atom stereocenters. The highest BCUT2D eigenvalue weighted by Crippen LogP contribution is 2.37. The summed E-state index contributed by atoms with van der Waals surface area (Å²) in [7, 11) is 1.52. The van der Waals surface area contributed by atoms with E-state index in [0.717, 1.165) is 0 Å². The quantitative estimate of drug-likeness (QED) is 0.609. The van der Waals surface area contributed by atoms with Gasteiger partial charge in [-0.2, -0.15) is 0 Å². The van der Waals surface area contributed by atoms with Crippen LogP contribution in [0.1, 0.15) is 31.0 Å². The summed E-state index contributed by atoms with van der Waals surface area (Å²) < 4.78 is 11.1. The van der Waals surface area contributed by atoms with Gasteiger partial charge in [0.2, 0.25) is 11.8 Å². The molecule has 3 N–H and O–H groups in total. The molecule has 0 saturated carbocycles. The lowest BCUT2D eigenvalue weighted by molar-refractivity contribution is -0.125. The Labute approximate surface area is 175 Å². The second-order valence-electron chi connectivity index (χ2n) is 6.83. The van der Waals surface area contributed by atoms with Crippen molar-refractivity contribution in [3.63, 3.8) is 0 Å². The predicted molar refractivity (Wildman–Crippen MR) is 114 cm³/mol. The van der Waals surface area contributed by atoms with Crippen LogP contribution in [0.25, 0.3) is 6.08 Å². The van der Waals surface area contributed by atoms with E-state index in [1.807, 2.05) is 19.9 Å². The molecule has 0 spiro atoms. The number of methoxy groups -OCH3 is 1. The highest BCUT2D eigenvalue weighted by Gasteiger charge is 2.19. The maximum atomic E-state index is 12.3. The van der Waals surface area contributed by atoms with Gasteiger partial charge in [-0.25, -0.2) is 0 Å². The topological polar surface area (TPSA) is 90.6 Å². The third-order valence-corrected chi connectivity index (χ3v) is 4.22. The lowest BCUT2D eigenvalue weighted by atomic mass is 10.1. The van der Waals surface area contributed by atoms with Crippen molar-refractivity contribution in [2.24, 2.45) is 11.7 Å². The average molecular weight is 417 g/mol. The van der Waals surface area contributed by atoms with Crippen LogP contribution in [0, 0.1) is 5.92 Å². The van der Waals surface area contributed by atoms with Crippen molar-refractivity contribution in [1.29, 1.82) is 0 Å². The first-order valence-electron chi connectivity index (χ1n) is 9.15. The van der Waals surface area contributed by atoms with E-state index >= 15 is 0 Å². The van der Waals surface area contributed by atoms with Gasteiger partial charge in [0.05, 0.1) is 18.7 Å². The summed E-state index contributed by atoms with van der Waals surface area (Å²) >= 11 is 6.32. The van der Waals surface area contributed by atoms with Crippen molar-refractivity contribution in [3.8, 4) is 11.5 Å². The van der Waals surface area contributed by atoms with Gasteiger partial charge in [-0.05, 0) is 35.3 Å². The van der Waals surface area contributed by atoms with E-state index in [2.05, 4.69) is 5.32 Å². The van der Waals surface area contributed by atoms with Gasteiger partial charge in [-0.1, -0.05) is 55.8 Å². The van der Waals surface area contributed by atoms with Crippen LogP contribution in [-0.2, 0) is 9.59 Å². The number of halogens is 1. The van der Waals surface area contributed by atoms with Gasteiger partial charge in [0.25, 0.3) is 0 Å². The maximum Gasteiger partial charge on any atom is 0.244 e. The minimum Gasteiger partial charge on any atom is -0.493 e. The van der Waals surface area contributed by atoms with Crippen LogP contribution in [0.5, 0.6) is 11.5 Å². The SMILES string of the molecule is COc1cc(/C=C/C(=O)NC(C(N)=O)c2ccccc2)cc(Cl)c1OCC(C)C. The van der Waals surface area contributed by atoms with Crippen molar-refractivity contribution in [2.75, 3.05) is 13.7 Å². The summed E-state index contributed by atoms with van der Waals surface area (Å²) in [5, 5.41) is 2.98. The van der Waals surface area contributed by atoms with Crippen LogP contribution < -0.4 is 20.5 Å². The van der Waals surface area contributed by atoms with E-state index in [1.165, 1.54) is 13.2 Å². The third-order valence-electron chi connectivity index (χ3n) is 3.94. The molecule has 154 valence electrons. The van der Waals surface area contributed by atoms with Crippen molar-refractivity contribution in [3.05, 3.63) is 64.7 Å². The Bertz CT molecular complexity index is 882. The number of amides is 2. The highest BCUT2D eigenvalue weighted by molar-refractivity contribution is 6.32. The fourth-order valence-electron chi connectivity index (χ4n) is 2.55. The molecule has 1 unspecified atom stereocenters. The molecule has 0 aromatic heterocycles. The number of rotatable bonds is 9. The highest BCUT2D eigenvalue weighted by atomic mass is 35.5. The van der Waals surface area contributed by atoms with E-state index < -0.39 is 17.9 Å². The van der Waals surface area contributed by atoms with E-state index in [-0.39, 0.29) is 0 Å². The first-order valence-corrected chi connectivity index (χ1v) is 9.52. The zero-order chi connectivity index (χ0) is 21.4. The molecule has 0 saturated heterocycles. The molecule has 0 aliphatic carbocycles. The molecule has 6 nitrogen and oxygen atoms in total. The van der Waals surface area contributed by atoms with E-state index in [0.29, 0.717) is 40.2 Å². The molecule has 2 aromatic carbocycles. The van der Waals surface area contributed by atoms with Gasteiger partial charge in [0.15, 0.2) is 11.5 Å². The van der Waals surface area contributed by atoms with E-state index in [4.69, 9.17) is 26.8 Å². The van der Waals surface area contributed by atoms with Gasteiger partial charge in [-0.3, -0.25) is 9.59 Å². The standard InChI is InChI=1S/C22H25ClN2O4/c1-14(2)13-29-21-17(23)11-15(12-18(21)28-3)9-10-19(26)25-20(22(24)27)16-7-5-4-6-8-16/h4-12,14,20H,13H2,1-3H3,(H2,24,27)(H,25,26)/b10-9+. The van der Waals surface area contributed by atoms with Crippen molar-refractivity contribution >= 4 is 29.5 Å². The lowest BCUT2D eigenvalue weighted by Crippen LogP contribution is -2.36. The second kappa shape index (κ2) is 10.5. The molecule has 2 aromatic rings. The molecule has 0 fully saturated rings. The Morgan fingerprint density at radius 2 is 1.90 bits per heavy atom. The first-order chi connectivity index (χ1) is 13.8. The monoisotopic (exact) mass is 416 g/mol. The summed E-state index contributed by atoms with van der Waals surface area (Å²) in [5.74, 6) is 0.156. The zero-order valence-electron chi connectivity index (χ0n) is 16.6. The molecule has 0 radical (unpaired) electrons. The maximum absolute atomic E-state index is 12.3. The van der Waals surface area contributed by atoms with Crippen LogP contribution in [0.2, 0.25) is 5.02 Å². The number of nitrogens with two attached hydrogens (primary N) is 1. The molecule has 2 rings (SSSR count). The summed E-state index contributed by atoms with van der Waals surface area (Å²) in [6, 6.07) is 11.3. The van der Waals surface area contributed by atoms with E-state index in [1.54, 1.807) is 42.5 Å². The number of carbonyl (C=O) groups excluding carboxylic acids is 2. The summed E-state index contributed by atoms with van der Waals surface area (Å²) in [5.41, 5.74) is 6.68. The van der Waals surface area contributed by atoms with Gasteiger partial charge < -0.3 is 20.5 Å². The molecule has 2 amide bonds. The second-order valence-corrected chi connectivity index (χ2v) is 7.23. The first kappa shape index (κ1) is 22.3. The molecule has 29 heavy (non-hydrogen) atoms. The summed E-state index contributed by atoms with van der Waals surface area (Å²) in [6.45, 7) is 4.57. The Morgan fingerprint density at radius 3 is 2.48 bits per heavy atom. The van der Waals surface area contributed by atoms with Crippen LogP contribution in [0.3, 0.4) is 0 Å². The number of ether oxygens (including phenoxy) is 2.